The number of rotatable bonds is 4. The van der Waals surface area contributed by atoms with E-state index >= 15 is 0 Å². The first kappa shape index (κ1) is 15.2. The van der Waals surface area contributed by atoms with E-state index in [1.54, 1.807) is 6.20 Å². The van der Waals surface area contributed by atoms with Gasteiger partial charge in [-0.2, -0.15) is 0 Å². The van der Waals surface area contributed by atoms with Crippen molar-refractivity contribution >= 4 is 5.82 Å². The lowest BCUT2D eigenvalue weighted by Crippen LogP contribution is -2.56. The summed E-state index contributed by atoms with van der Waals surface area (Å²) in [6.45, 7) is 2.03. The Morgan fingerprint density at radius 1 is 1.30 bits per heavy atom. The number of anilines is 1. The quantitative estimate of drug-likeness (QED) is 0.577. The average molecular weight is 277 g/mol. The fourth-order valence-electron chi connectivity index (χ4n) is 3.53. The Morgan fingerprint density at radius 3 is 2.50 bits per heavy atom. The fourth-order valence-corrected chi connectivity index (χ4v) is 3.53. The van der Waals surface area contributed by atoms with Gasteiger partial charge in [0.2, 0.25) is 0 Å². The predicted octanol–water partition coefficient (Wildman–Crippen LogP) is 1.74. The molecule has 1 unspecified atom stereocenters. The van der Waals surface area contributed by atoms with E-state index in [4.69, 9.17) is 11.6 Å². The molecule has 1 saturated carbocycles. The van der Waals surface area contributed by atoms with Gasteiger partial charge in [0.05, 0.1) is 6.04 Å². The Bertz CT molecular complexity index is 452. The standard InChI is InChI=1S/C15H27N5/c1-11-9-12(14(16)18-10-11)13(19-17)15(20(2)3)7-5-4-6-8-15/h9-10,13,19H,4-8,17H2,1-3H3,(H2,16,18). The minimum atomic E-state index is 0.00481. The lowest BCUT2D eigenvalue weighted by molar-refractivity contribution is 0.0565. The monoisotopic (exact) mass is 277 g/mol. The lowest BCUT2D eigenvalue weighted by Gasteiger charge is -2.48. The molecule has 20 heavy (non-hydrogen) atoms. The number of nitrogens with two attached hydrogens (primary N) is 2. The highest BCUT2D eigenvalue weighted by atomic mass is 15.3. The number of hydrazine groups is 1. The summed E-state index contributed by atoms with van der Waals surface area (Å²) in [6.07, 6.45) is 7.82. The second-order valence-electron chi connectivity index (χ2n) is 6.15. The second kappa shape index (κ2) is 6.08. The molecule has 0 bridgehead atoms. The van der Waals surface area contributed by atoms with Crippen molar-refractivity contribution in [2.45, 2.75) is 50.6 Å². The Balaban J connectivity index is 2.45. The molecule has 112 valence electrons. The second-order valence-corrected chi connectivity index (χ2v) is 6.15. The van der Waals surface area contributed by atoms with E-state index in [0.29, 0.717) is 5.82 Å². The Hall–Kier alpha value is -1.17. The topological polar surface area (TPSA) is 80.2 Å². The number of aromatic nitrogens is 1. The van der Waals surface area contributed by atoms with E-state index in [1.807, 2.05) is 6.92 Å². The SMILES string of the molecule is Cc1cnc(N)c(C(NN)C2(N(C)C)CCCCC2)c1. The molecule has 0 spiro atoms. The Labute approximate surface area is 121 Å². The van der Waals surface area contributed by atoms with Crippen LogP contribution in [-0.2, 0) is 0 Å². The minimum Gasteiger partial charge on any atom is -0.383 e. The summed E-state index contributed by atoms with van der Waals surface area (Å²) in [5.74, 6) is 6.49. The van der Waals surface area contributed by atoms with Gasteiger partial charge in [0.1, 0.15) is 5.82 Å². The first-order valence-corrected chi connectivity index (χ1v) is 7.37. The normalized spacial score (nSPS) is 20.1. The van der Waals surface area contributed by atoms with Gasteiger partial charge in [0, 0.05) is 17.3 Å². The van der Waals surface area contributed by atoms with Crippen molar-refractivity contribution in [2.24, 2.45) is 5.84 Å². The van der Waals surface area contributed by atoms with Gasteiger partial charge in [-0.15, -0.1) is 0 Å². The van der Waals surface area contributed by atoms with Gasteiger partial charge in [0.25, 0.3) is 0 Å². The molecule has 5 N–H and O–H groups in total. The fraction of sp³-hybridized carbons (Fsp3) is 0.667. The molecule has 1 heterocycles. The molecule has 1 aromatic rings. The molecule has 1 aliphatic carbocycles. The molecule has 1 atom stereocenters. The summed E-state index contributed by atoms with van der Waals surface area (Å²) in [5.41, 5.74) is 11.3. The minimum absolute atomic E-state index is 0.00481. The van der Waals surface area contributed by atoms with Crippen molar-refractivity contribution in [2.75, 3.05) is 19.8 Å². The summed E-state index contributed by atoms with van der Waals surface area (Å²) in [7, 11) is 4.27. The van der Waals surface area contributed by atoms with Crippen molar-refractivity contribution in [3.8, 4) is 0 Å². The summed E-state index contributed by atoms with van der Waals surface area (Å²) in [5, 5.41) is 0. The number of nitrogens with zero attached hydrogens (tertiary/aromatic N) is 2. The number of aryl methyl sites for hydroxylation is 1. The van der Waals surface area contributed by atoms with Gasteiger partial charge in [-0.05, 0) is 45.5 Å². The lowest BCUT2D eigenvalue weighted by atomic mass is 9.73. The van der Waals surface area contributed by atoms with Crippen LogP contribution in [-0.4, -0.2) is 29.5 Å². The molecular weight excluding hydrogens is 250 g/mol. The third kappa shape index (κ3) is 2.66. The van der Waals surface area contributed by atoms with Gasteiger partial charge >= 0.3 is 0 Å². The maximum atomic E-state index is 6.11. The van der Waals surface area contributed by atoms with Crippen LogP contribution in [0.15, 0.2) is 12.3 Å². The Kier molecular flexibility index (Phi) is 4.62. The van der Waals surface area contributed by atoms with Crippen LogP contribution in [0.5, 0.6) is 0 Å². The third-order valence-corrected chi connectivity index (χ3v) is 4.71. The number of nitrogen functional groups attached to an aromatic ring is 1. The maximum Gasteiger partial charge on any atom is 0.128 e. The predicted molar refractivity (Wildman–Crippen MR) is 83.0 cm³/mol. The van der Waals surface area contributed by atoms with Gasteiger partial charge < -0.3 is 10.6 Å². The van der Waals surface area contributed by atoms with Crippen molar-refractivity contribution in [3.05, 3.63) is 23.4 Å². The van der Waals surface area contributed by atoms with Gasteiger partial charge in [-0.1, -0.05) is 19.3 Å². The number of hydrogen-bond acceptors (Lipinski definition) is 5. The van der Waals surface area contributed by atoms with Crippen LogP contribution in [0.4, 0.5) is 5.82 Å². The highest BCUT2D eigenvalue weighted by Gasteiger charge is 2.43. The maximum absolute atomic E-state index is 6.11. The van der Waals surface area contributed by atoms with E-state index in [2.05, 4.69) is 35.5 Å². The van der Waals surface area contributed by atoms with Crippen LogP contribution in [0.25, 0.3) is 0 Å². The molecule has 0 radical (unpaired) electrons. The van der Waals surface area contributed by atoms with Gasteiger partial charge in [-0.3, -0.25) is 11.3 Å². The molecule has 1 aromatic heterocycles. The van der Waals surface area contributed by atoms with Crippen LogP contribution in [0.2, 0.25) is 0 Å². The number of likely N-dealkylation sites (N-methyl/N-ethyl adjacent to an activating group) is 1. The first-order chi connectivity index (χ1) is 9.51. The summed E-state index contributed by atoms with van der Waals surface area (Å²) in [4.78, 5) is 6.60. The van der Waals surface area contributed by atoms with Crippen LogP contribution < -0.4 is 17.0 Å². The van der Waals surface area contributed by atoms with Crippen LogP contribution in [0.1, 0.15) is 49.3 Å². The number of pyridine rings is 1. The Morgan fingerprint density at radius 2 is 1.95 bits per heavy atom. The van der Waals surface area contributed by atoms with E-state index < -0.39 is 0 Å². The van der Waals surface area contributed by atoms with Crippen molar-refractivity contribution in [1.82, 2.24) is 15.3 Å². The van der Waals surface area contributed by atoms with Crippen molar-refractivity contribution < 1.29 is 0 Å². The molecule has 1 fully saturated rings. The van der Waals surface area contributed by atoms with Gasteiger partial charge in [0.15, 0.2) is 0 Å². The third-order valence-electron chi connectivity index (χ3n) is 4.71. The molecule has 1 aliphatic rings. The summed E-state index contributed by atoms with van der Waals surface area (Å²) >= 11 is 0. The van der Waals surface area contributed by atoms with Gasteiger partial charge in [-0.25, -0.2) is 4.98 Å². The van der Waals surface area contributed by atoms with E-state index in [9.17, 15) is 0 Å². The average Bonchev–Trinajstić information content (AvgIpc) is 2.44. The summed E-state index contributed by atoms with van der Waals surface area (Å²) < 4.78 is 0. The zero-order valence-electron chi connectivity index (χ0n) is 12.8. The number of hydrogen-bond donors (Lipinski definition) is 3. The smallest absolute Gasteiger partial charge is 0.128 e. The molecular formula is C15H27N5. The molecule has 5 nitrogen and oxygen atoms in total. The zero-order chi connectivity index (χ0) is 14.8. The summed E-state index contributed by atoms with van der Waals surface area (Å²) in [6, 6.07) is 2.11. The van der Waals surface area contributed by atoms with Crippen molar-refractivity contribution in [1.29, 1.82) is 0 Å². The molecule has 2 rings (SSSR count). The molecule has 0 amide bonds. The first-order valence-electron chi connectivity index (χ1n) is 7.37. The zero-order valence-corrected chi connectivity index (χ0v) is 12.8. The van der Waals surface area contributed by atoms with E-state index in [1.165, 1.54) is 19.3 Å². The molecule has 0 aliphatic heterocycles. The highest BCUT2D eigenvalue weighted by molar-refractivity contribution is 5.44. The molecule has 0 aromatic carbocycles. The van der Waals surface area contributed by atoms with Crippen molar-refractivity contribution in [3.63, 3.8) is 0 Å². The van der Waals surface area contributed by atoms with E-state index in [0.717, 1.165) is 24.0 Å². The van der Waals surface area contributed by atoms with Crippen LogP contribution in [0, 0.1) is 6.92 Å². The highest BCUT2D eigenvalue weighted by Crippen LogP contribution is 2.42. The molecule has 5 heteroatoms. The largest absolute Gasteiger partial charge is 0.383 e. The van der Waals surface area contributed by atoms with E-state index in [-0.39, 0.29) is 11.6 Å². The number of nitrogens with one attached hydrogen (secondary N) is 1. The van der Waals surface area contributed by atoms with Crippen LogP contribution in [0.3, 0.4) is 0 Å². The van der Waals surface area contributed by atoms with Crippen LogP contribution >= 0.6 is 0 Å². The molecule has 0 saturated heterocycles.